The number of nitrogens with one attached hydrogen (secondary N) is 5. The standard InChI is InChI=1S/C23H45N5O4/c1-16(2)20(29)8-7-9-22(31)28-19(23(32)27-15-13-25-18(5)6)10-11-21(30)26-14-12-24-17(3)4/h16-19,24-25H,7-15H2,1-6H3,(H,26,30)(H,27,32)(H,28,31). The van der Waals surface area contributed by atoms with E-state index in [9.17, 15) is 19.2 Å². The van der Waals surface area contributed by atoms with Crippen LogP contribution in [0, 0.1) is 5.92 Å². The molecule has 186 valence electrons. The number of rotatable bonds is 18. The van der Waals surface area contributed by atoms with Crippen molar-refractivity contribution in [2.45, 2.75) is 91.8 Å². The van der Waals surface area contributed by atoms with Crippen LogP contribution in [0.5, 0.6) is 0 Å². The predicted octanol–water partition coefficient (Wildman–Crippen LogP) is 0.875. The Morgan fingerprint density at radius 3 is 1.75 bits per heavy atom. The predicted molar refractivity (Wildman–Crippen MR) is 127 cm³/mol. The lowest BCUT2D eigenvalue weighted by atomic mass is 10.0. The number of carbonyl (C=O) groups is 4. The quantitative estimate of drug-likeness (QED) is 0.195. The molecule has 0 saturated carbocycles. The van der Waals surface area contributed by atoms with Crippen molar-refractivity contribution in [3.05, 3.63) is 0 Å². The fourth-order valence-electron chi connectivity index (χ4n) is 2.84. The van der Waals surface area contributed by atoms with Gasteiger partial charge in [-0.1, -0.05) is 41.5 Å². The maximum Gasteiger partial charge on any atom is 0.242 e. The molecule has 9 nitrogen and oxygen atoms in total. The fourth-order valence-corrected chi connectivity index (χ4v) is 2.84. The molecule has 9 heteroatoms. The third kappa shape index (κ3) is 16.7. The molecule has 1 atom stereocenters. The molecule has 32 heavy (non-hydrogen) atoms. The third-order valence-corrected chi connectivity index (χ3v) is 4.76. The summed E-state index contributed by atoms with van der Waals surface area (Å²) in [4.78, 5) is 48.8. The highest BCUT2D eigenvalue weighted by Gasteiger charge is 2.21. The van der Waals surface area contributed by atoms with Crippen molar-refractivity contribution in [3.8, 4) is 0 Å². The van der Waals surface area contributed by atoms with E-state index < -0.39 is 6.04 Å². The Balaban J connectivity index is 4.61. The van der Waals surface area contributed by atoms with E-state index >= 15 is 0 Å². The zero-order valence-corrected chi connectivity index (χ0v) is 20.8. The molecule has 0 rings (SSSR count). The smallest absolute Gasteiger partial charge is 0.242 e. The topological polar surface area (TPSA) is 128 Å². The minimum atomic E-state index is -0.790. The summed E-state index contributed by atoms with van der Waals surface area (Å²) < 4.78 is 0. The Bertz CT molecular complexity index is 579. The van der Waals surface area contributed by atoms with Crippen molar-refractivity contribution < 1.29 is 19.2 Å². The second kappa shape index (κ2) is 17.5. The molecule has 0 aliphatic rings. The fraction of sp³-hybridized carbons (Fsp3) is 0.826. The molecule has 0 saturated heterocycles. The summed E-state index contributed by atoms with van der Waals surface area (Å²) in [5.74, 6) is -0.690. The Labute approximate surface area is 193 Å². The molecule has 0 fully saturated rings. The van der Waals surface area contributed by atoms with Gasteiger partial charge in [0.05, 0.1) is 0 Å². The summed E-state index contributed by atoms with van der Waals surface area (Å²) >= 11 is 0. The van der Waals surface area contributed by atoms with Crippen molar-refractivity contribution >= 4 is 23.5 Å². The molecule has 3 amide bonds. The minimum Gasteiger partial charge on any atom is -0.355 e. The van der Waals surface area contributed by atoms with Gasteiger partial charge in [0.15, 0.2) is 0 Å². The number of hydrogen-bond acceptors (Lipinski definition) is 6. The number of ketones is 1. The van der Waals surface area contributed by atoms with Crippen LogP contribution in [0.4, 0.5) is 0 Å². The van der Waals surface area contributed by atoms with Gasteiger partial charge in [0.2, 0.25) is 17.7 Å². The van der Waals surface area contributed by atoms with Gasteiger partial charge in [0, 0.05) is 63.4 Å². The van der Waals surface area contributed by atoms with Crippen molar-refractivity contribution in [2.24, 2.45) is 5.92 Å². The van der Waals surface area contributed by atoms with E-state index in [2.05, 4.69) is 26.6 Å². The first-order chi connectivity index (χ1) is 15.0. The first-order valence-corrected chi connectivity index (χ1v) is 11.9. The van der Waals surface area contributed by atoms with Crippen LogP contribution < -0.4 is 26.6 Å². The zero-order valence-electron chi connectivity index (χ0n) is 20.8. The highest BCUT2D eigenvalue weighted by molar-refractivity contribution is 5.88. The molecule has 0 aromatic heterocycles. The SMILES string of the molecule is CC(C)NCCNC(=O)CCC(NC(=O)CCCC(=O)C(C)C)C(=O)NCCNC(C)C. The molecule has 1 unspecified atom stereocenters. The maximum absolute atomic E-state index is 12.6. The molecule has 0 aromatic rings. The molecular weight excluding hydrogens is 410 g/mol. The van der Waals surface area contributed by atoms with Crippen LogP contribution in [0.2, 0.25) is 0 Å². The molecule has 0 bridgehead atoms. The van der Waals surface area contributed by atoms with E-state index in [0.29, 0.717) is 51.1 Å². The highest BCUT2D eigenvalue weighted by atomic mass is 16.2. The van der Waals surface area contributed by atoms with Gasteiger partial charge in [-0.3, -0.25) is 19.2 Å². The summed E-state index contributed by atoms with van der Waals surface area (Å²) in [7, 11) is 0. The number of carbonyl (C=O) groups excluding carboxylic acids is 4. The summed E-state index contributed by atoms with van der Waals surface area (Å²) in [5, 5.41) is 14.8. The normalized spacial score (nSPS) is 12.2. The van der Waals surface area contributed by atoms with Crippen LogP contribution in [0.25, 0.3) is 0 Å². The average molecular weight is 456 g/mol. The van der Waals surface area contributed by atoms with Crippen LogP contribution in [-0.4, -0.2) is 67.8 Å². The monoisotopic (exact) mass is 455 g/mol. The van der Waals surface area contributed by atoms with Crippen molar-refractivity contribution in [1.82, 2.24) is 26.6 Å². The second-order valence-corrected chi connectivity index (χ2v) is 8.99. The molecule has 0 spiro atoms. The number of hydrogen-bond donors (Lipinski definition) is 5. The molecule has 0 radical (unpaired) electrons. The van der Waals surface area contributed by atoms with Gasteiger partial charge in [-0.2, -0.15) is 0 Å². The maximum atomic E-state index is 12.6. The Kier molecular flexibility index (Phi) is 16.4. The lowest BCUT2D eigenvalue weighted by Crippen LogP contribution is -2.48. The molecule has 0 aromatic carbocycles. The summed E-state index contributed by atoms with van der Waals surface area (Å²) in [6.45, 7) is 14.0. The second-order valence-electron chi connectivity index (χ2n) is 8.99. The van der Waals surface area contributed by atoms with Crippen LogP contribution in [0.1, 0.15) is 73.6 Å². The van der Waals surface area contributed by atoms with E-state index in [4.69, 9.17) is 0 Å². The molecule has 0 aliphatic carbocycles. The molecular formula is C23H45N5O4. The van der Waals surface area contributed by atoms with Crippen molar-refractivity contribution in [2.75, 3.05) is 26.2 Å². The summed E-state index contributed by atoms with van der Waals surface area (Å²) in [6, 6.07) is -0.136. The van der Waals surface area contributed by atoms with E-state index in [-0.39, 0.29) is 48.7 Å². The van der Waals surface area contributed by atoms with Crippen molar-refractivity contribution in [1.29, 1.82) is 0 Å². The highest BCUT2D eigenvalue weighted by Crippen LogP contribution is 2.05. The van der Waals surface area contributed by atoms with Gasteiger partial charge in [0.25, 0.3) is 0 Å². The van der Waals surface area contributed by atoms with Gasteiger partial charge >= 0.3 is 0 Å². The summed E-state index contributed by atoms with van der Waals surface area (Å²) in [5.41, 5.74) is 0. The first kappa shape index (κ1) is 30.0. The summed E-state index contributed by atoms with van der Waals surface area (Å²) in [6.07, 6.45) is 1.30. The molecule has 0 heterocycles. The van der Waals surface area contributed by atoms with Gasteiger partial charge < -0.3 is 26.6 Å². The van der Waals surface area contributed by atoms with Gasteiger partial charge in [-0.15, -0.1) is 0 Å². The minimum absolute atomic E-state index is 0.0507. The van der Waals surface area contributed by atoms with Crippen LogP contribution in [-0.2, 0) is 19.2 Å². The Hall–Kier alpha value is -2.00. The lowest BCUT2D eigenvalue weighted by molar-refractivity contribution is -0.130. The molecule has 5 N–H and O–H groups in total. The molecule has 0 aliphatic heterocycles. The van der Waals surface area contributed by atoms with Gasteiger partial charge in [-0.25, -0.2) is 0 Å². The number of Topliss-reactive ketones (excluding diaryl/α,β-unsaturated/α-hetero) is 1. The van der Waals surface area contributed by atoms with Gasteiger partial charge in [-0.05, 0) is 12.8 Å². The van der Waals surface area contributed by atoms with E-state index in [1.54, 1.807) is 0 Å². The van der Waals surface area contributed by atoms with Gasteiger partial charge in [0.1, 0.15) is 11.8 Å². The largest absolute Gasteiger partial charge is 0.355 e. The van der Waals surface area contributed by atoms with E-state index in [1.807, 2.05) is 41.5 Å². The lowest BCUT2D eigenvalue weighted by Gasteiger charge is -2.19. The van der Waals surface area contributed by atoms with E-state index in [0.717, 1.165) is 0 Å². The first-order valence-electron chi connectivity index (χ1n) is 11.9. The van der Waals surface area contributed by atoms with Crippen LogP contribution >= 0.6 is 0 Å². The van der Waals surface area contributed by atoms with Crippen LogP contribution in [0.3, 0.4) is 0 Å². The number of amides is 3. The third-order valence-electron chi connectivity index (χ3n) is 4.76. The Morgan fingerprint density at radius 1 is 0.656 bits per heavy atom. The van der Waals surface area contributed by atoms with Crippen LogP contribution in [0.15, 0.2) is 0 Å². The van der Waals surface area contributed by atoms with Crippen molar-refractivity contribution in [3.63, 3.8) is 0 Å². The Morgan fingerprint density at radius 2 is 1.22 bits per heavy atom. The zero-order chi connectivity index (χ0) is 24.5. The average Bonchev–Trinajstić information content (AvgIpc) is 2.70. The van der Waals surface area contributed by atoms with E-state index in [1.165, 1.54) is 0 Å².